The van der Waals surface area contributed by atoms with Gasteiger partial charge in [-0.25, -0.2) is 0 Å². The molecule has 0 bridgehead atoms. The van der Waals surface area contributed by atoms with E-state index in [1.807, 2.05) is 0 Å². The predicted octanol–water partition coefficient (Wildman–Crippen LogP) is 0.863. The molecule has 0 fully saturated rings. The van der Waals surface area contributed by atoms with E-state index in [4.69, 9.17) is 10.2 Å². The van der Waals surface area contributed by atoms with E-state index in [1.165, 1.54) is 12.6 Å². The minimum absolute atomic E-state index is 0.0610. The molecule has 10 heavy (non-hydrogen) atoms. The first-order valence-corrected chi connectivity index (χ1v) is 5.69. The smallest absolute Gasteiger partial charge is 0.0470 e. The lowest BCUT2D eigenvalue weighted by molar-refractivity contribution is 0.315. The molecule has 0 aromatic rings. The van der Waals surface area contributed by atoms with Gasteiger partial charge in [0.2, 0.25) is 0 Å². The average molecular weight is 164 g/mol. The molecule has 0 aliphatic carbocycles. The molecule has 0 aliphatic heterocycles. The van der Waals surface area contributed by atoms with Crippen molar-refractivity contribution in [2.75, 3.05) is 31.7 Å². The highest BCUT2D eigenvalue weighted by Gasteiger charge is 2.03. The van der Waals surface area contributed by atoms with Crippen LogP contribution in [0.4, 0.5) is 0 Å². The van der Waals surface area contributed by atoms with Gasteiger partial charge in [-0.15, -0.1) is 7.92 Å². The molecule has 0 saturated heterocycles. The van der Waals surface area contributed by atoms with Gasteiger partial charge in [0.1, 0.15) is 0 Å². The molecule has 0 unspecified atom stereocenters. The van der Waals surface area contributed by atoms with Crippen molar-refractivity contribution < 1.29 is 10.2 Å². The molecule has 2 nitrogen and oxygen atoms in total. The summed E-state index contributed by atoms with van der Waals surface area (Å²) in [6, 6.07) is 0. The molecule has 0 aromatic heterocycles. The largest absolute Gasteiger partial charge is 0.396 e. The van der Waals surface area contributed by atoms with Gasteiger partial charge in [0, 0.05) is 13.2 Å². The molecule has 0 saturated carbocycles. The minimum Gasteiger partial charge on any atom is -0.396 e. The second-order valence-electron chi connectivity index (χ2n) is 2.29. The Kier molecular flexibility index (Phi) is 7.72. The molecular weight excluding hydrogens is 147 g/mol. The van der Waals surface area contributed by atoms with Crippen LogP contribution >= 0.6 is 7.92 Å². The minimum atomic E-state index is -0.0610. The molecule has 0 spiro atoms. The van der Waals surface area contributed by atoms with Crippen LogP contribution in [0.3, 0.4) is 0 Å². The van der Waals surface area contributed by atoms with Crippen molar-refractivity contribution in [3.8, 4) is 0 Å². The highest BCUT2D eigenvalue weighted by Crippen LogP contribution is 2.34. The molecule has 0 atom stereocenters. The maximum atomic E-state index is 8.62. The third-order valence-corrected chi connectivity index (χ3v) is 4.12. The number of rotatable bonds is 6. The molecule has 0 radical (unpaired) electrons. The summed E-state index contributed by atoms with van der Waals surface area (Å²) in [5.74, 6) is 0. The maximum absolute atomic E-state index is 8.62. The van der Waals surface area contributed by atoms with Crippen molar-refractivity contribution in [3.05, 3.63) is 0 Å². The Bertz CT molecular complexity index is 54.4. The fourth-order valence-corrected chi connectivity index (χ4v) is 2.80. The first-order chi connectivity index (χ1) is 4.85. The van der Waals surface area contributed by atoms with Gasteiger partial charge in [-0.2, -0.15) is 0 Å². The Labute approximate surface area is 64.0 Å². The Hall–Kier alpha value is 0.350. The predicted molar refractivity (Wildman–Crippen MR) is 46.0 cm³/mol. The summed E-state index contributed by atoms with van der Waals surface area (Å²) >= 11 is 0. The van der Waals surface area contributed by atoms with Gasteiger partial charge in [-0.05, 0) is 18.5 Å². The number of aliphatic hydroxyl groups excluding tert-OH is 2. The van der Waals surface area contributed by atoms with E-state index >= 15 is 0 Å². The summed E-state index contributed by atoms with van der Waals surface area (Å²) in [5, 5.41) is 17.2. The lowest BCUT2D eigenvalue weighted by atomic mass is 10.6. The van der Waals surface area contributed by atoms with E-state index in [0.29, 0.717) is 0 Å². The van der Waals surface area contributed by atoms with E-state index in [0.717, 1.165) is 12.3 Å². The second-order valence-corrected chi connectivity index (χ2v) is 4.97. The van der Waals surface area contributed by atoms with Gasteiger partial charge in [0.05, 0.1) is 0 Å². The number of hydrogen-bond acceptors (Lipinski definition) is 2. The Morgan fingerprint density at radius 2 is 1.50 bits per heavy atom. The summed E-state index contributed by atoms with van der Waals surface area (Å²) in [4.78, 5) is 0. The van der Waals surface area contributed by atoms with Crippen molar-refractivity contribution in [3.63, 3.8) is 0 Å². The van der Waals surface area contributed by atoms with Crippen LogP contribution in [-0.4, -0.2) is 41.9 Å². The van der Waals surface area contributed by atoms with E-state index in [1.54, 1.807) is 0 Å². The van der Waals surface area contributed by atoms with Gasteiger partial charge >= 0.3 is 0 Å². The zero-order valence-electron chi connectivity index (χ0n) is 6.58. The maximum Gasteiger partial charge on any atom is 0.0470 e. The third kappa shape index (κ3) is 5.16. The quantitative estimate of drug-likeness (QED) is 0.572. The number of aliphatic hydroxyl groups is 2. The molecular formula is C7H17O2P. The third-order valence-electron chi connectivity index (χ3n) is 1.37. The van der Waals surface area contributed by atoms with Gasteiger partial charge in [0.15, 0.2) is 0 Å². The fourth-order valence-electron chi connectivity index (χ4n) is 0.934. The summed E-state index contributed by atoms with van der Waals surface area (Å²) in [6.07, 6.45) is 4.18. The molecule has 2 N–H and O–H groups in total. The normalized spacial score (nSPS) is 10.8. The monoisotopic (exact) mass is 164 g/mol. The number of hydrogen-bond donors (Lipinski definition) is 2. The lowest BCUT2D eigenvalue weighted by Crippen LogP contribution is -2.00. The topological polar surface area (TPSA) is 40.5 Å². The van der Waals surface area contributed by atoms with Crippen molar-refractivity contribution >= 4 is 7.92 Å². The standard InChI is InChI=1S/C7H17O2P/c1-2-5-10(6-3-8)7-4-9/h8-9H,2-7H2,1H3. The zero-order valence-corrected chi connectivity index (χ0v) is 7.48. The molecule has 0 heterocycles. The van der Waals surface area contributed by atoms with E-state index in [9.17, 15) is 0 Å². The van der Waals surface area contributed by atoms with E-state index in [2.05, 4.69) is 6.92 Å². The van der Waals surface area contributed by atoms with Crippen LogP contribution in [0, 0.1) is 0 Å². The molecule has 0 aliphatic rings. The van der Waals surface area contributed by atoms with Gasteiger partial charge in [-0.3, -0.25) is 0 Å². The van der Waals surface area contributed by atoms with Crippen molar-refractivity contribution in [2.24, 2.45) is 0 Å². The van der Waals surface area contributed by atoms with Crippen molar-refractivity contribution in [1.82, 2.24) is 0 Å². The van der Waals surface area contributed by atoms with Crippen LogP contribution < -0.4 is 0 Å². The van der Waals surface area contributed by atoms with Crippen LogP contribution in [0.1, 0.15) is 13.3 Å². The summed E-state index contributed by atoms with van der Waals surface area (Å²) in [7, 11) is -0.0610. The molecule has 0 aromatic carbocycles. The second kappa shape index (κ2) is 7.46. The SMILES string of the molecule is CCCP(CCO)CCO. The summed E-state index contributed by atoms with van der Waals surface area (Å²) in [6.45, 7) is 2.71. The van der Waals surface area contributed by atoms with Gasteiger partial charge < -0.3 is 10.2 Å². The summed E-state index contributed by atoms with van der Waals surface area (Å²) < 4.78 is 0. The van der Waals surface area contributed by atoms with Crippen molar-refractivity contribution in [1.29, 1.82) is 0 Å². The highest BCUT2D eigenvalue weighted by atomic mass is 31.1. The first-order valence-electron chi connectivity index (χ1n) is 3.79. The van der Waals surface area contributed by atoms with Crippen LogP contribution in [-0.2, 0) is 0 Å². The average Bonchev–Trinajstić information content (AvgIpc) is 1.90. The molecule has 3 heteroatoms. The van der Waals surface area contributed by atoms with Gasteiger partial charge in [-0.1, -0.05) is 13.3 Å². The van der Waals surface area contributed by atoms with E-state index < -0.39 is 0 Å². The molecule has 0 rings (SSSR count). The van der Waals surface area contributed by atoms with E-state index in [-0.39, 0.29) is 21.1 Å². The van der Waals surface area contributed by atoms with Crippen LogP contribution in [0.5, 0.6) is 0 Å². The van der Waals surface area contributed by atoms with Crippen LogP contribution in [0.25, 0.3) is 0 Å². The van der Waals surface area contributed by atoms with Gasteiger partial charge in [0.25, 0.3) is 0 Å². The molecule has 0 amide bonds. The Morgan fingerprint density at radius 3 is 1.80 bits per heavy atom. The highest BCUT2D eigenvalue weighted by molar-refractivity contribution is 7.57. The summed E-state index contributed by atoms with van der Waals surface area (Å²) in [5.41, 5.74) is 0. The Balaban J connectivity index is 3.30. The van der Waals surface area contributed by atoms with Crippen molar-refractivity contribution in [2.45, 2.75) is 13.3 Å². The molecule has 62 valence electrons. The Morgan fingerprint density at radius 1 is 1.00 bits per heavy atom. The lowest BCUT2D eigenvalue weighted by Gasteiger charge is -2.13. The van der Waals surface area contributed by atoms with Crippen LogP contribution in [0.2, 0.25) is 0 Å². The van der Waals surface area contributed by atoms with Crippen LogP contribution in [0.15, 0.2) is 0 Å². The fraction of sp³-hybridized carbons (Fsp3) is 1.00. The zero-order chi connectivity index (χ0) is 7.82. The first kappa shape index (κ1) is 10.3.